The molecule has 5 heteroatoms. The molecule has 2 aromatic rings. The van der Waals surface area contributed by atoms with Crippen LogP contribution in [-0.4, -0.2) is 38.2 Å². The van der Waals surface area contributed by atoms with Crippen LogP contribution >= 0.6 is 22.7 Å². The van der Waals surface area contributed by atoms with Crippen LogP contribution in [0.4, 0.5) is 5.13 Å². The molecule has 90 valence electrons. The molecule has 1 N–H and O–H groups in total. The van der Waals surface area contributed by atoms with Crippen LogP contribution in [0.25, 0.3) is 10.6 Å². The molecule has 1 aliphatic heterocycles. The van der Waals surface area contributed by atoms with Crippen molar-refractivity contribution in [2.24, 2.45) is 0 Å². The lowest BCUT2D eigenvalue weighted by Crippen LogP contribution is -3.12. The SMILES string of the molecule is C[NH+]1CCN(c2nc(-c3cccs3)cs2)CC1. The highest BCUT2D eigenvalue weighted by molar-refractivity contribution is 7.16. The standard InChI is InChI=1S/C12H15N3S2/c1-14-4-6-15(7-5-14)12-13-10(9-17-12)11-3-2-8-16-11/h2-3,8-9H,4-7H2,1H3/p+1. The normalized spacial score (nSPS) is 17.6. The molecule has 0 bridgehead atoms. The van der Waals surface area contributed by atoms with Gasteiger partial charge in [0.05, 0.1) is 43.8 Å². The van der Waals surface area contributed by atoms with Gasteiger partial charge in [-0.2, -0.15) is 0 Å². The highest BCUT2D eigenvalue weighted by Crippen LogP contribution is 2.29. The molecule has 0 aliphatic carbocycles. The fourth-order valence-electron chi connectivity index (χ4n) is 2.03. The van der Waals surface area contributed by atoms with Crippen LogP contribution in [0.3, 0.4) is 0 Å². The third kappa shape index (κ3) is 2.36. The first-order valence-corrected chi connectivity index (χ1v) is 7.64. The van der Waals surface area contributed by atoms with E-state index < -0.39 is 0 Å². The van der Waals surface area contributed by atoms with Gasteiger partial charge in [-0.3, -0.25) is 0 Å². The van der Waals surface area contributed by atoms with Gasteiger partial charge in [-0.05, 0) is 11.4 Å². The Balaban J connectivity index is 1.76. The molecule has 3 heterocycles. The predicted octanol–water partition coefficient (Wildman–Crippen LogP) is 1.21. The van der Waals surface area contributed by atoms with Gasteiger partial charge in [-0.25, -0.2) is 4.98 Å². The summed E-state index contributed by atoms with van der Waals surface area (Å²) in [4.78, 5) is 10.1. The quantitative estimate of drug-likeness (QED) is 0.882. The zero-order valence-electron chi connectivity index (χ0n) is 9.85. The van der Waals surface area contributed by atoms with Crippen molar-refractivity contribution in [3.05, 3.63) is 22.9 Å². The molecule has 0 amide bonds. The van der Waals surface area contributed by atoms with Crippen molar-refractivity contribution in [3.63, 3.8) is 0 Å². The molecule has 3 rings (SSSR count). The largest absolute Gasteiger partial charge is 0.337 e. The molecule has 0 aromatic carbocycles. The lowest BCUT2D eigenvalue weighted by atomic mass is 10.3. The van der Waals surface area contributed by atoms with Crippen molar-refractivity contribution in [1.82, 2.24) is 4.98 Å². The average Bonchev–Trinajstić information content (AvgIpc) is 3.00. The first kappa shape index (κ1) is 11.2. The van der Waals surface area contributed by atoms with Gasteiger partial charge in [0.1, 0.15) is 0 Å². The van der Waals surface area contributed by atoms with E-state index in [-0.39, 0.29) is 0 Å². The molecule has 1 aliphatic rings. The molecule has 0 atom stereocenters. The molecule has 2 aromatic heterocycles. The number of thiophene rings is 1. The summed E-state index contributed by atoms with van der Waals surface area (Å²) in [6.45, 7) is 4.69. The van der Waals surface area contributed by atoms with Crippen LogP contribution in [0.15, 0.2) is 22.9 Å². The Morgan fingerprint density at radius 3 is 2.82 bits per heavy atom. The number of rotatable bonds is 2. The van der Waals surface area contributed by atoms with E-state index in [1.807, 2.05) is 0 Å². The summed E-state index contributed by atoms with van der Waals surface area (Å²) >= 11 is 3.53. The summed E-state index contributed by atoms with van der Waals surface area (Å²) in [5.41, 5.74) is 1.13. The third-order valence-corrected chi connectivity index (χ3v) is 4.95. The minimum atomic E-state index is 1.13. The molecule has 17 heavy (non-hydrogen) atoms. The van der Waals surface area contributed by atoms with E-state index in [1.165, 1.54) is 23.1 Å². The van der Waals surface area contributed by atoms with Crippen molar-refractivity contribution in [1.29, 1.82) is 0 Å². The number of aromatic nitrogens is 1. The highest BCUT2D eigenvalue weighted by Gasteiger charge is 2.19. The number of hydrogen-bond acceptors (Lipinski definition) is 4. The maximum Gasteiger partial charge on any atom is 0.186 e. The number of likely N-dealkylation sites (N-methyl/N-ethyl adjacent to an activating group) is 1. The Hall–Kier alpha value is -0.910. The highest BCUT2D eigenvalue weighted by atomic mass is 32.1. The molecule has 0 radical (unpaired) electrons. The Morgan fingerprint density at radius 2 is 2.12 bits per heavy atom. The van der Waals surface area contributed by atoms with Gasteiger partial charge in [0.25, 0.3) is 0 Å². The van der Waals surface area contributed by atoms with E-state index in [1.54, 1.807) is 27.6 Å². The number of hydrogen-bond donors (Lipinski definition) is 1. The minimum Gasteiger partial charge on any atom is -0.337 e. The third-order valence-electron chi connectivity index (χ3n) is 3.15. The number of anilines is 1. The topological polar surface area (TPSA) is 20.6 Å². The van der Waals surface area contributed by atoms with Gasteiger partial charge >= 0.3 is 0 Å². The van der Waals surface area contributed by atoms with Crippen molar-refractivity contribution in [2.75, 3.05) is 38.1 Å². The summed E-state index contributed by atoms with van der Waals surface area (Å²) in [5, 5.41) is 5.46. The molecule has 1 fully saturated rings. The monoisotopic (exact) mass is 266 g/mol. The molecular weight excluding hydrogens is 250 g/mol. The van der Waals surface area contributed by atoms with Crippen LogP contribution in [0.5, 0.6) is 0 Å². The smallest absolute Gasteiger partial charge is 0.186 e. The second-order valence-electron chi connectivity index (χ2n) is 4.44. The molecule has 0 saturated carbocycles. The van der Waals surface area contributed by atoms with Crippen LogP contribution < -0.4 is 9.80 Å². The lowest BCUT2D eigenvalue weighted by Gasteiger charge is -2.29. The number of piperazine rings is 1. The molecular formula is C12H16N3S2+. The van der Waals surface area contributed by atoms with Gasteiger partial charge in [-0.15, -0.1) is 22.7 Å². The van der Waals surface area contributed by atoms with Gasteiger partial charge in [-0.1, -0.05) is 6.07 Å². The Morgan fingerprint density at radius 1 is 1.29 bits per heavy atom. The zero-order chi connectivity index (χ0) is 11.7. The maximum absolute atomic E-state index is 4.75. The Bertz CT molecular complexity index is 470. The van der Waals surface area contributed by atoms with E-state index in [4.69, 9.17) is 4.98 Å². The maximum atomic E-state index is 4.75. The lowest BCUT2D eigenvalue weighted by molar-refractivity contribution is -0.880. The van der Waals surface area contributed by atoms with Crippen molar-refractivity contribution in [3.8, 4) is 10.6 Å². The summed E-state index contributed by atoms with van der Waals surface area (Å²) in [6, 6.07) is 4.22. The molecule has 1 saturated heterocycles. The van der Waals surface area contributed by atoms with Crippen LogP contribution in [0, 0.1) is 0 Å². The minimum absolute atomic E-state index is 1.13. The van der Waals surface area contributed by atoms with E-state index in [2.05, 4.69) is 34.8 Å². The number of nitrogens with zero attached hydrogens (tertiary/aromatic N) is 2. The van der Waals surface area contributed by atoms with Crippen molar-refractivity contribution < 1.29 is 4.90 Å². The Kier molecular flexibility index (Phi) is 3.13. The van der Waals surface area contributed by atoms with E-state index in [0.29, 0.717) is 0 Å². The van der Waals surface area contributed by atoms with Crippen LogP contribution in [0.2, 0.25) is 0 Å². The van der Waals surface area contributed by atoms with E-state index >= 15 is 0 Å². The van der Waals surface area contributed by atoms with Crippen molar-refractivity contribution >= 4 is 27.8 Å². The summed E-state index contributed by atoms with van der Waals surface area (Å²) in [7, 11) is 2.26. The van der Waals surface area contributed by atoms with Gasteiger partial charge in [0.2, 0.25) is 0 Å². The molecule has 3 nitrogen and oxygen atoms in total. The van der Waals surface area contributed by atoms with Crippen LogP contribution in [0.1, 0.15) is 0 Å². The van der Waals surface area contributed by atoms with Gasteiger partial charge < -0.3 is 9.80 Å². The summed E-state index contributed by atoms with van der Waals surface area (Å²) < 4.78 is 0. The van der Waals surface area contributed by atoms with Crippen LogP contribution in [-0.2, 0) is 0 Å². The van der Waals surface area contributed by atoms with E-state index in [9.17, 15) is 0 Å². The van der Waals surface area contributed by atoms with E-state index in [0.717, 1.165) is 18.8 Å². The van der Waals surface area contributed by atoms with Gasteiger partial charge in [0, 0.05) is 5.38 Å². The molecule has 0 unspecified atom stereocenters. The second kappa shape index (κ2) is 4.76. The number of nitrogens with one attached hydrogen (secondary N) is 1. The predicted molar refractivity (Wildman–Crippen MR) is 74.3 cm³/mol. The molecule has 0 spiro atoms. The first-order valence-electron chi connectivity index (χ1n) is 5.88. The number of thiazole rings is 1. The summed E-state index contributed by atoms with van der Waals surface area (Å²) in [5.74, 6) is 0. The zero-order valence-corrected chi connectivity index (χ0v) is 11.5. The second-order valence-corrected chi connectivity index (χ2v) is 6.22. The Labute approximate surface area is 109 Å². The fourth-order valence-corrected chi connectivity index (χ4v) is 3.67. The fraction of sp³-hybridized carbons (Fsp3) is 0.417. The first-order chi connectivity index (χ1) is 8.33. The summed E-state index contributed by atoms with van der Waals surface area (Å²) in [6.07, 6.45) is 0. The number of quaternary nitrogens is 1. The van der Waals surface area contributed by atoms with Crippen molar-refractivity contribution in [2.45, 2.75) is 0 Å². The average molecular weight is 266 g/mol. The van der Waals surface area contributed by atoms with Gasteiger partial charge in [0.15, 0.2) is 5.13 Å².